The average Bonchev–Trinajstić information content (AvgIpc) is 2.25. The Bertz CT molecular complexity index is 332. The number of aliphatic carboxylic acids is 1. The number of nitrogens with zero attached hydrogens (tertiary/aromatic N) is 1. The molecule has 0 aromatic heterocycles. The van der Waals surface area contributed by atoms with Gasteiger partial charge in [-0.1, -0.05) is 13.8 Å². The number of carbonyl (C=O) groups excluding carboxylic acids is 2. The highest BCUT2D eigenvalue weighted by atomic mass is 32.2. The standard InChI is InChI=1S/C10H16N2O4S/c1-6(2)17-5-9(14)12-4-8(13)11-3-7(12)10(15)16/h6-7H,3-5H2,1-2H3,(H,11,13)(H,15,16). The van der Waals surface area contributed by atoms with Gasteiger partial charge in [0.1, 0.15) is 12.6 Å². The van der Waals surface area contributed by atoms with Gasteiger partial charge < -0.3 is 15.3 Å². The number of piperazine rings is 1. The van der Waals surface area contributed by atoms with E-state index in [4.69, 9.17) is 5.11 Å². The second-order valence-corrected chi connectivity index (χ2v) is 5.60. The van der Waals surface area contributed by atoms with E-state index in [1.807, 2.05) is 13.8 Å². The Morgan fingerprint density at radius 2 is 2.24 bits per heavy atom. The average molecular weight is 260 g/mol. The third kappa shape index (κ3) is 3.92. The smallest absolute Gasteiger partial charge is 0.328 e. The molecule has 0 saturated carbocycles. The van der Waals surface area contributed by atoms with Crippen molar-refractivity contribution in [1.82, 2.24) is 10.2 Å². The molecule has 0 aromatic rings. The van der Waals surface area contributed by atoms with Crippen molar-refractivity contribution in [2.75, 3.05) is 18.8 Å². The van der Waals surface area contributed by atoms with E-state index >= 15 is 0 Å². The first-order valence-corrected chi connectivity index (χ1v) is 6.37. The largest absolute Gasteiger partial charge is 0.480 e. The molecule has 17 heavy (non-hydrogen) atoms. The summed E-state index contributed by atoms with van der Waals surface area (Å²) in [5, 5.41) is 11.7. The molecule has 1 rings (SSSR count). The lowest BCUT2D eigenvalue weighted by atomic mass is 10.2. The van der Waals surface area contributed by atoms with E-state index in [2.05, 4.69) is 5.32 Å². The van der Waals surface area contributed by atoms with Gasteiger partial charge in [-0.2, -0.15) is 0 Å². The highest BCUT2D eigenvalue weighted by Gasteiger charge is 2.34. The Balaban J connectivity index is 2.65. The van der Waals surface area contributed by atoms with Crippen LogP contribution in [0.2, 0.25) is 0 Å². The van der Waals surface area contributed by atoms with Crippen LogP contribution in [-0.4, -0.2) is 57.9 Å². The zero-order valence-corrected chi connectivity index (χ0v) is 10.6. The van der Waals surface area contributed by atoms with Crippen LogP contribution in [0.15, 0.2) is 0 Å². The third-order valence-electron chi connectivity index (χ3n) is 2.33. The van der Waals surface area contributed by atoms with Crippen LogP contribution in [0.4, 0.5) is 0 Å². The minimum atomic E-state index is -1.09. The Morgan fingerprint density at radius 3 is 2.76 bits per heavy atom. The Morgan fingerprint density at radius 1 is 1.59 bits per heavy atom. The molecule has 0 spiro atoms. The zero-order valence-electron chi connectivity index (χ0n) is 9.80. The molecule has 1 atom stereocenters. The number of carbonyl (C=O) groups is 3. The van der Waals surface area contributed by atoms with Gasteiger partial charge in [-0.15, -0.1) is 11.8 Å². The fourth-order valence-electron chi connectivity index (χ4n) is 1.44. The molecular weight excluding hydrogens is 244 g/mol. The lowest BCUT2D eigenvalue weighted by molar-refractivity contribution is -0.152. The van der Waals surface area contributed by atoms with E-state index in [-0.39, 0.29) is 30.7 Å². The van der Waals surface area contributed by atoms with Gasteiger partial charge >= 0.3 is 5.97 Å². The molecule has 0 radical (unpaired) electrons. The van der Waals surface area contributed by atoms with Crippen LogP contribution in [0, 0.1) is 0 Å². The minimum Gasteiger partial charge on any atom is -0.480 e. The molecule has 6 nitrogen and oxygen atoms in total. The van der Waals surface area contributed by atoms with Crippen molar-refractivity contribution >= 4 is 29.5 Å². The number of rotatable bonds is 4. The van der Waals surface area contributed by atoms with Gasteiger partial charge in [0.25, 0.3) is 0 Å². The molecular formula is C10H16N2O4S. The van der Waals surface area contributed by atoms with Gasteiger partial charge in [0.15, 0.2) is 0 Å². The van der Waals surface area contributed by atoms with Gasteiger partial charge in [0.05, 0.1) is 5.75 Å². The fraction of sp³-hybridized carbons (Fsp3) is 0.700. The summed E-state index contributed by atoms with van der Waals surface area (Å²) in [5.74, 6) is -1.50. The molecule has 0 bridgehead atoms. The molecule has 1 aliphatic rings. The maximum absolute atomic E-state index is 11.8. The summed E-state index contributed by atoms with van der Waals surface area (Å²) in [6, 6.07) is -0.951. The summed E-state index contributed by atoms with van der Waals surface area (Å²) in [7, 11) is 0. The van der Waals surface area contributed by atoms with Crippen LogP contribution in [-0.2, 0) is 14.4 Å². The number of hydrogen-bond acceptors (Lipinski definition) is 4. The summed E-state index contributed by atoms with van der Waals surface area (Å²) >= 11 is 1.43. The monoisotopic (exact) mass is 260 g/mol. The van der Waals surface area contributed by atoms with Crippen LogP contribution in [0.3, 0.4) is 0 Å². The van der Waals surface area contributed by atoms with Gasteiger partial charge in [0.2, 0.25) is 11.8 Å². The molecule has 2 amide bonds. The zero-order chi connectivity index (χ0) is 13.0. The number of amides is 2. The van der Waals surface area contributed by atoms with E-state index in [0.717, 1.165) is 4.90 Å². The Kier molecular flexibility index (Phi) is 4.80. The van der Waals surface area contributed by atoms with E-state index in [9.17, 15) is 14.4 Å². The molecule has 1 saturated heterocycles. The summed E-state index contributed by atoms with van der Waals surface area (Å²) in [6.07, 6.45) is 0. The van der Waals surface area contributed by atoms with Crippen molar-refractivity contribution in [3.05, 3.63) is 0 Å². The number of carboxylic acids is 1. The van der Waals surface area contributed by atoms with Gasteiger partial charge in [-0.05, 0) is 5.25 Å². The topological polar surface area (TPSA) is 86.7 Å². The fourth-order valence-corrected chi connectivity index (χ4v) is 2.09. The summed E-state index contributed by atoms with van der Waals surface area (Å²) < 4.78 is 0. The highest BCUT2D eigenvalue weighted by molar-refractivity contribution is 8.00. The second kappa shape index (κ2) is 5.90. The second-order valence-electron chi connectivity index (χ2n) is 4.04. The highest BCUT2D eigenvalue weighted by Crippen LogP contribution is 2.13. The molecule has 2 N–H and O–H groups in total. The number of nitrogens with one attached hydrogen (secondary N) is 1. The van der Waals surface area contributed by atoms with Crippen molar-refractivity contribution < 1.29 is 19.5 Å². The van der Waals surface area contributed by atoms with Gasteiger partial charge in [0, 0.05) is 6.54 Å². The SMILES string of the molecule is CC(C)SCC(=O)N1CC(=O)NCC1C(=O)O. The summed E-state index contributed by atoms with van der Waals surface area (Å²) in [6.45, 7) is 3.71. The lowest BCUT2D eigenvalue weighted by Gasteiger charge is -2.32. The van der Waals surface area contributed by atoms with Crippen LogP contribution in [0.25, 0.3) is 0 Å². The van der Waals surface area contributed by atoms with Gasteiger partial charge in [-0.3, -0.25) is 9.59 Å². The van der Waals surface area contributed by atoms with E-state index in [0.29, 0.717) is 5.25 Å². The lowest BCUT2D eigenvalue weighted by Crippen LogP contribution is -2.59. The van der Waals surface area contributed by atoms with Crippen LogP contribution in [0.5, 0.6) is 0 Å². The Labute approximate surface area is 104 Å². The molecule has 96 valence electrons. The summed E-state index contributed by atoms with van der Waals surface area (Å²) in [4.78, 5) is 35.1. The summed E-state index contributed by atoms with van der Waals surface area (Å²) in [5.41, 5.74) is 0. The molecule has 7 heteroatoms. The van der Waals surface area contributed by atoms with Gasteiger partial charge in [-0.25, -0.2) is 4.79 Å². The van der Waals surface area contributed by atoms with Crippen LogP contribution >= 0.6 is 11.8 Å². The molecule has 1 heterocycles. The van der Waals surface area contributed by atoms with Crippen molar-refractivity contribution in [2.24, 2.45) is 0 Å². The predicted octanol–water partition coefficient (Wildman–Crippen LogP) is -0.460. The molecule has 0 aromatic carbocycles. The first-order chi connectivity index (χ1) is 7.91. The third-order valence-corrected chi connectivity index (χ3v) is 3.41. The maximum Gasteiger partial charge on any atom is 0.328 e. The minimum absolute atomic E-state index is 0.0216. The maximum atomic E-state index is 11.8. The van der Waals surface area contributed by atoms with Crippen molar-refractivity contribution in [2.45, 2.75) is 25.1 Å². The van der Waals surface area contributed by atoms with Crippen molar-refractivity contribution in [3.8, 4) is 0 Å². The molecule has 1 fully saturated rings. The molecule has 1 aliphatic heterocycles. The quantitative estimate of drug-likeness (QED) is 0.714. The molecule has 0 aliphatic carbocycles. The molecule has 1 unspecified atom stereocenters. The number of hydrogen-bond donors (Lipinski definition) is 2. The Hall–Kier alpha value is -1.24. The van der Waals surface area contributed by atoms with Crippen LogP contribution in [0.1, 0.15) is 13.8 Å². The van der Waals surface area contributed by atoms with E-state index < -0.39 is 12.0 Å². The van der Waals surface area contributed by atoms with Crippen molar-refractivity contribution in [1.29, 1.82) is 0 Å². The first kappa shape index (κ1) is 13.8. The van der Waals surface area contributed by atoms with Crippen LogP contribution < -0.4 is 5.32 Å². The van der Waals surface area contributed by atoms with E-state index in [1.165, 1.54) is 11.8 Å². The first-order valence-electron chi connectivity index (χ1n) is 5.32. The van der Waals surface area contributed by atoms with E-state index in [1.54, 1.807) is 0 Å². The number of carboxylic acid groups (broad SMARTS) is 1. The number of thioether (sulfide) groups is 1. The normalized spacial score (nSPS) is 20.3. The predicted molar refractivity (Wildman–Crippen MR) is 63.7 cm³/mol. The van der Waals surface area contributed by atoms with Crippen molar-refractivity contribution in [3.63, 3.8) is 0 Å².